The maximum absolute atomic E-state index is 2.61. The molecule has 1 aliphatic carbocycles. The summed E-state index contributed by atoms with van der Waals surface area (Å²) >= 11 is 1.95. The molecule has 0 bridgehead atoms. The van der Waals surface area contributed by atoms with Gasteiger partial charge in [-0.25, -0.2) is 0 Å². The average Bonchev–Trinajstić information content (AvgIpc) is 3.36. The summed E-state index contributed by atoms with van der Waals surface area (Å²) < 4.78 is 5.38. The van der Waals surface area contributed by atoms with Crippen molar-refractivity contribution in [3.05, 3.63) is 84.9 Å². The third-order valence-electron chi connectivity index (χ3n) is 7.57. The highest BCUT2D eigenvalue weighted by Crippen LogP contribution is 2.54. The predicted octanol–water partition coefficient (Wildman–Crippen LogP) is 9.72. The number of nitrogens with zero attached hydrogens (tertiary/aromatic N) is 1. The zero-order valence-electron chi connectivity index (χ0n) is 19.4. The fraction of sp³-hybridized carbons (Fsp3) is 0.125. The quantitative estimate of drug-likeness (QED) is 0.215. The molecule has 0 saturated carbocycles. The molecule has 0 unspecified atom stereocenters. The minimum atomic E-state index is -0.0525. The van der Waals surface area contributed by atoms with Gasteiger partial charge in [0.2, 0.25) is 0 Å². The average molecular weight is 454 g/mol. The van der Waals surface area contributed by atoms with Crippen LogP contribution in [-0.2, 0) is 5.54 Å². The zero-order chi connectivity index (χ0) is 22.8. The van der Waals surface area contributed by atoms with E-state index in [0.29, 0.717) is 0 Å². The Morgan fingerprint density at radius 2 is 1.18 bits per heavy atom. The molecule has 8 rings (SSSR count). The summed E-state index contributed by atoms with van der Waals surface area (Å²) in [5.41, 5.74) is 8.02. The molecule has 0 N–H and O–H groups in total. The van der Waals surface area contributed by atoms with Crippen LogP contribution in [0.4, 0.5) is 0 Å². The summed E-state index contributed by atoms with van der Waals surface area (Å²) in [6, 6.07) is 31.7. The van der Waals surface area contributed by atoms with E-state index in [1.807, 2.05) is 11.3 Å². The molecule has 7 aromatic rings. The molecule has 1 nitrogen and oxygen atoms in total. The summed E-state index contributed by atoms with van der Waals surface area (Å²) in [6.45, 7) is 7.02. The van der Waals surface area contributed by atoms with Gasteiger partial charge in [-0.1, -0.05) is 72.8 Å². The number of thiophene rings is 1. The van der Waals surface area contributed by atoms with Crippen LogP contribution in [0.3, 0.4) is 0 Å². The fourth-order valence-electron chi connectivity index (χ4n) is 6.41. The van der Waals surface area contributed by atoms with Crippen LogP contribution in [0, 0.1) is 0 Å². The highest BCUT2D eigenvalue weighted by molar-refractivity contribution is 7.27. The van der Waals surface area contributed by atoms with Crippen LogP contribution in [0.15, 0.2) is 84.9 Å². The van der Waals surface area contributed by atoms with Crippen molar-refractivity contribution < 1.29 is 0 Å². The van der Waals surface area contributed by atoms with Crippen LogP contribution in [0.25, 0.3) is 75.0 Å². The van der Waals surface area contributed by atoms with Crippen molar-refractivity contribution >= 4 is 64.1 Å². The Bertz CT molecular complexity index is 1990. The summed E-state index contributed by atoms with van der Waals surface area (Å²) in [6.07, 6.45) is 0. The van der Waals surface area contributed by atoms with Crippen molar-refractivity contribution in [2.24, 2.45) is 0 Å². The van der Waals surface area contributed by atoms with Gasteiger partial charge in [-0.3, -0.25) is 0 Å². The van der Waals surface area contributed by atoms with E-state index in [1.165, 1.54) is 75.0 Å². The molecular formula is C32H23NS. The van der Waals surface area contributed by atoms with Crippen LogP contribution in [-0.4, -0.2) is 4.57 Å². The summed E-state index contributed by atoms with van der Waals surface area (Å²) in [4.78, 5) is 0. The van der Waals surface area contributed by atoms with E-state index in [9.17, 15) is 0 Å². The lowest BCUT2D eigenvalue weighted by Crippen LogP contribution is -2.21. The van der Waals surface area contributed by atoms with Gasteiger partial charge in [0.25, 0.3) is 0 Å². The van der Waals surface area contributed by atoms with Gasteiger partial charge in [0.15, 0.2) is 0 Å². The molecule has 0 spiro atoms. The molecule has 2 aromatic heterocycles. The minimum Gasteiger partial charge on any atom is -0.334 e. The number of fused-ring (bicyclic) bond motifs is 8. The molecule has 0 amide bonds. The predicted molar refractivity (Wildman–Crippen MR) is 149 cm³/mol. The molecule has 2 heterocycles. The van der Waals surface area contributed by atoms with Crippen LogP contribution in [0.5, 0.6) is 0 Å². The first-order valence-corrected chi connectivity index (χ1v) is 12.8. The van der Waals surface area contributed by atoms with Crippen molar-refractivity contribution in [3.8, 4) is 22.3 Å². The SMILES string of the molecule is CC(C)(C)n1c2cccc3c2c2c4c(cccc4c4c5ccccc5sc4c21)-c1ccccc1-3. The molecule has 0 atom stereocenters. The number of rotatable bonds is 0. The standard InChI is InChI=1S/C32H23NS/c1-32(2,3)33-24-16-9-14-21-19-11-5-4-10-18(19)20-13-8-15-23-26(20)29(28(21)24)30(33)31-27(23)22-12-6-7-17-25(22)34-31/h4-17H,1-3H3. The third-order valence-corrected chi connectivity index (χ3v) is 8.74. The maximum Gasteiger partial charge on any atom is 0.0684 e. The Kier molecular flexibility index (Phi) is 3.36. The summed E-state index contributed by atoms with van der Waals surface area (Å²) in [5, 5.41) is 8.36. The van der Waals surface area contributed by atoms with Gasteiger partial charge in [-0.2, -0.15) is 0 Å². The van der Waals surface area contributed by atoms with E-state index in [0.717, 1.165) is 0 Å². The Morgan fingerprint density at radius 3 is 1.94 bits per heavy atom. The van der Waals surface area contributed by atoms with Crippen molar-refractivity contribution in [1.29, 1.82) is 0 Å². The third kappa shape index (κ3) is 2.11. The second-order valence-corrected chi connectivity index (χ2v) is 11.6. The van der Waals surface area contributed by atoms with Crippen LogP contribution in [0.2, 0.25) is 0 Å². The van der Waals surface area contributed by atoms with Gasteiger partial charge in [-0.05, 0) is 60.5 Å². The lowest BCUT2D eigenvalue weighted by atomic mass is 9.92. The lowest BCUT2D eigenvalue weighted by molar-refractivity contribution is 0.424. The van der Waals surface area contributed by atoms with E-state index >= 15 is 0 Å². The lowest BCUT2D eigenvalue weighted by Gasteiger charge is -2.25. The first-order valence-electron chi connectivity index (χ1n) is 12.0. The Morgan fingerprint density at radius 1 is 0.559 bits per heavy atom. The van der Waals surface area contributed by atoms with Crippen molar-refractivity contribution in [1.82, 2.24) is 4.57 Å². The number of aromatic nitrogens is 1. The van der Waals surface area contributed by atoms with Gasteiger partial charge in [0.05, 0.1) is 15.7 Å². The number of benzene rings is 5. The first kappa shape index (κ1) is 18.8. The second-order valence-electron chi connectivity index (χ2n) is 10.5. The van der Waals surface area contributed by atoms with Crippen molar-refractivity contribution in [2.45, 2.75) is 26.3 Å². The number of hydrogen-bond acceptors (Lipinski definition) is 1. The molecule has 2 heteroatoms. The fourth-order valence-corrected chi connectivity index (χ4v) is 7.67. The van der Waals surface area contributed by atoms with E-state index in [1.54, 1.807) is 0 Å². The van der Waals surface area contributed by atoms with Crippen molar-refractivity contribution in [2.75, 3.05) is 0 Å². The van der Waals surface area contributed by atoms with Gasteiger partial charge >= 0.3 is 0 Å². The molecule has 0 saturated heterocycles. The smallest absolute Gasteiger partial charge is 0.0684 e. The Balaban J connectivity index is 1.85. The molecule has 0 radical (unpaired) electrons. The number of hydrogen-bond donors (Lipinski definition) is 0. The summed E-state index contributed by atoms with van der Waals surface area (Å²) in [5.74, 6) is 0. The van der Waals surface area contributed by atoms with Crippen LogP contribution in [0.1, 0.15) is 20.8 Å². The highest BCUT2D eigenvalue weighted by atomic mass is 32.1. The van der Waals surface area contributed by atoms with E-state index in [4.69, 9.17) is 0 Å². The molecule has 162 valence electrons. The van der Waals surface area contributed by atoms with Gasteiger partial charge in [-0.15, -0.1) is 11.3 Å². The van der Waals surface area contributed by atoms with Gasteiger partial charge in [0, 0.05) is 37.2 Å². The minimum absolute atomic E-state index is 0.0525. The van der Waals surface area contributed by atoms with Crippen LogP contribution >= 0.6 is 11.3 Å². The zero-order valence-corrected chi connectivity index (χ0v) is 20.3. The first-order chi connectivity index (χ1) is 16.5. The monoisotopic (exact) mass is 453 g/mol. The molecule has 5 aromatic carbocycles. The Hall–Kier alpha value is -3.62. The van der Waals surface area contributed by atoms with Gasteiger partial charge < -0.3 is 4.57 Å². The second kappa shape index (κ2) is 6.08. The Labute approximate surface area is 201 Å². The largest absolute Gasteiger partial charge is 0.334 e. The highest BCUT2D eigenvalue weighted by Gasteiger charge is 2.30. The molecular weight excluding hydrogens is 430 g/mol. The van der Waals surface area contributed by atoms with E-state index in [2.05, 4.69) is 110 Å². The van der Waals surface area contributed by atoms with Crippen molar-refractivity contribution in [3.63, 3.8) is 0 Å². The molecule has 1 aliphatic rings. The molecule has 0 fully saturated rings. The topological polar surface area (TPSA) is 4.93 Å². The normalized spacial score (nSPS) is 13.1. The molecule has 34 heavy (non-hydrogen) atoms. The maximum atomic E-state index is 2.61. The van der Waals surface area contributed by atoms with Gasteiger partial charge in [0.1, 0.15) is 0 Å². The van der Waals surface area contributed by atoms with Crippen LogP contribution < -0.4 is 0 Å². The summed E-state index contributed by atoms with van der Waals surface area (Å²) in [7, 11) is 0. The molecule has 0 aliphatic heterocycles. The van der Waals surface area contributed by atoms with E-state index in [-0.39, 0.29) is 5.54 Å². The van der Waals surface area contributed by atoms with E-state index < -0.39 is 0 Å².